The summed E-state index contributed by atoms with van der Waals surface area (Å²) in [6.07, 6.45) is 0.943. The number of nitrogens with one attached hydrogen (secondary N) is 3. The first-order valence-electron chi connectivity index (χ1n) is 9.06. The van der Waals surface area contributed by atoms with Gasteiger partial charge in [-0.2, -0.15) is 0 Å². The summed E-state index contributed by atoms with van der Waals surface area (Å²) < 4.78 is 4.65. The molecule has 1 unspecified atom stereocenters. The van der Waals surface area contributed by atoms with Crippen molar-refractivity contribution in [2.24, 2.45) is 5.73 Å². The molecule has 1 amide bonds. The number of allylic oxidation sites excluding steroid dienone is 1. The van der Waals surface area contributed by atoms with Gasteiger partial charge in [0.2, 0.25) is 5.91 Å². The van der Waals surface area contributed by atoms with Gasteiger partial charge in [0.05, 0.1) is 13.2 Å². The van der Waals surface area contributed by atoms with Crippen LogP contribution in [0.15, 0.2) is 48.2 Å². The first kappa shape index (κ1) is 22.3. The number of hydrogen-bond acceptors (Lipinski definition) is 7. The molecule has 2 aromatic rings. The largest absolute Gasteiger partial charge is 0.464 e. The summed E-state index contributed by atoms with van der Waals surface area (Å²) in [7, 11) is 2.88. The van der Waals surface area contributed by atoms with Gasteiger partial charge in [0.1, 0.15) is 17.2 Å². The number of nitrogens with zero attached hydrogens (tertiary/aromatic N) is 1. The number of methoxy groups -OCH3 is 1. The molecule has 1 aromatic heterocycles. The molecule has 0 fully saturated rings. The normalized spacial score (nSPS) is 12.0. The van der Waals surface area contributed by atoms with E-state index in [0.29, 0.717) is 5.56 Å². The molecule has 0 aliphatic rings. The molecule has 0 saturated carbocycles. The van der Waals surface area contributed by atoms with Crippen molar-refractivity contribution in [3.8, 4) is 11.8 Å². The molecule has 0 aliphatic carbocycles. The minimum Gasteiger partial charge on any atom is -0.464 e. The van der Waals surface area contributed by atoms with Gasteiger partial charge < -0.3 is 26.5 Å². The second kappa shape index (κ2) is 10.5. The standard InChI is InChI=1S/C22H23N5O3/c1-14(25-2)21(28)27-19-12-10-16(17(13-23)20(24)22(29)30-3)18(26-19)11-9-15-7-5-4-6-8-15/h4-8,10,12-14,23,25H,24H2,1-3H3,(H,26,27,28)/b20-17+,23-13?. The van der Waals surface area contributed by atoms with E-state index >= 15 is 0 Å². The molecule has 0 bridgehead atoms. The van der Waals surface area contributed by atoms with Crippen LogP contribution in [0, 0.1) is 17.3 Å². The number of carbonyl (C=O) groups is 2. The van der Waals surface area contributed by atoms with E-state index in [2.05, 4.69) is 32.2 Å². The second-order valence-electron chi connectivity index (χ2n) is 6.17. The van der Waals surface area contributed by atoms with Crippen molar-refractivity contribution in [2.45, 2.75) is 13.0 Å². The highest BCUT2D eigenvalue weighted by Gasteiger charge is 2.17. The molecule has 0 spiro atoms. The van der Waals surface area contributed by atoms with Gasteiger partial charge in [0.25, 0.3) is 0 Å². The van der Waals surface area contributed by atoms with Gasteiger partial charge in [0.15, 0.2) is 0 Å². The van der Waals surface area contributed by atoms with E-state index in [-0.39, 0.29) is 28.7 Å². The van der Waals surface area contributed by atoms with Crippen LogP contribution in [0.3, 0.4) is 0 Å². The van der Waals surface area contributed by atoms with Crippen LogP contribution in [-0.4, -0.2) is 43.3 Å². The number of hydrogen-bond donors (Lipinski definition) is 4. The molecular formula is C22H23N5O3. The van der Waals surface area contributed by atoms with Crippen LogP contribution in [0.5, 0.6) is 0 Å². The molecule has 154 valence electrons. The number of aromatic nitrogens is 1. The highest BCUT2D eigenvalue weighted by atomic mass is 16.5. The number of anilines is 1. The lowest BCUT2D eigenvalue weighted by Crippen LogP contribution is -2.35. The van der Waals surface area contributed by atoms with Crippen molar-refractivity contribution in [1.82, 2.24) is 10.3 Å². The van der Waals surface area contributed by atoms with E-state index in [4.69, 9.17) is 11.1 Å². The summed E-state index contributed by atoms with van der Waals surface area (Å²) in [6.45, 7) is 1.72. The number of benzene rings is 1. The monoisotopic (exact) mass is 405 g/mol. The Morgan fingerprint density at radius 2 is 1.90 bits per heavy atom. The molecule has 1 aromatic carbocycles. The minimum atomic E-state index is -0.768. The van der Waals surface area contributed by atoms with Crippen molar-refractivity contribution < 1.29 is 14.3 Å². The number of ether oxygens (including phenoxy) is 1. The molecule has 0 saturated heterocycles. The number of nitrogens with two attached hydrogens (primary N) is 1. The molecule has 30 heavy (non-hydrogen) atoms. The van der Waals surface area contributed by atoms with Crippen LogP contribution in [0.25, 0.3) is 5.57 Å². The Hall–Kier alpha value is -3.96. The summed E-state index contributed by atoms with van der Waals surface area (Å²) in [5.41, 5.74) is 7.12. The Morgan fingerprint density at radius 1 is 1.20 bits per heavy atom. The molecule has 2 rings (SSSR count). The van der Waals surface area contributed by atoms with Gasteiger partial charge in [-0.25, -0.2) is 9.78 Å². The van der Waals surface area contributed by atoms with E-state index < -0.39 is 12.0 Å². The van der Waals surface area contributed by atoms with Gasteiger partial charge in [0, 0.05) is 22.9 Å². The number of rotatable bonds is 6. The zero-order valence-corrected chi connectivity index (χ0v) is 16.9. The average Bonchev–Trinajstić information content (AvgIpc) is 2.78. The molecule has 1 heterocycles. The van der Waals surface area contributed by atoms with Gasteiger partial charge in [-0.3, -0.25) is 4.79 Å². The first-order chi connectivity index (χ1) is 14.4. The first-order valence-corrected chi connectivity index (χ1v) is 9.06. The molecule has 0 radical (unpaired) electrons. The summed E-state index contributed by atoms with van der Waals surface area (Å²) in [5, 5.41) is 13.3. The van der Waals surface area contributed by atoms with E-state index in [1.807, 2.05) is 30.3 Å². The summed E-state index contributed by atoms with van der Waals surface area (Å²) in [6, 6.07) is 12.0. The van der Waals surface area contributed by atoms with Crippen LogP contribution < -0.4 is 16.4 Å². The summed E-state index contributed by atoms with van der Waals surface area (Å²) in [4.78, 5) is 28.4. The third kappa shape index (κ3) is 5.53. The molecule has 5 N–H and O–H groups in total. The van der Waals surface area contributed by atoms with Crippen LogP contribution in [0.2, 0.25) is 0 Å². The maximum absolute atomic E-state index is 12.2. The zero-order valence-electron chi connectivity index (χ0n) is 16.9. The molecule has 1 atom stereocenters. The highest BCUT2D eigenvalue weighted by Crippen LogP contribution is 2.21. The number of carbonyl (C=O) groups excluding carboxylic acids is 2. The lowest BCUT2D eigenvalue weighted by molar-refractivity contribution is -0.136. The molecular weight excluding hydrogens is 382 g/mol. The number of likely N-dealkylation sites (N-methyl/N-ethyl adjacent to an activating group) is 1. The predicted molar refractivity (Wildman–Crippen MR) is 116 cm³/mol. The third-order valence-electron chi connectivity index (χ3n) is 4.20. The molecule has 8 nitrogen and oxygen atoms in total. The van der Waals surface area contributed by atoms with Gasteiger partial charge >= 0.3 is 5.97 Å². The number of amides is 1. The predicted octanol–water partition coefficient (Wildman–Crippen LogP) is 1.52. The van der Waals surface area contributed by atoms with Gasteiger partial charge in [-0.15, -0.1) is 0 Å². The van der Waals surface area contributed by atoms with Crippen LogP contribution >= 0.6 is 0 Å². The smallest absolute Gasteiger partial charge is 0.354 e. The molecule has 8 heteroatoms. The lowest BCUT2D eigenvalue weighted by atomic mass is 10.0. The zero-order chi connectivity index (χ0) is 22.1. The maximum Gasteiger partial charge on any atom is 0.354 e. The Balaban J connectivity index is 2.58. The van der Waals surface area contributed by atoms with E-state index in [1.165, 1.54) is 7.11 Å². The highest BCUT2D eigenvalue weighted by molar-refractivity contribution is 6.17. The Morgan fingerprint density at radius 3 is 2.50 bits per heavy atom. The number of esters is 1. The molecule has 0 aliphatic heterocycles. The van der Waals surface area contributed by atoms with Crippen LogP contribution in [0.4, 0.5) is 5.82 Å². The fourth-order valence-electron chi connectivity index (χ4n) is 2.38. The quantitative estimate of drug-likeness (QED) is 0.249. The Kier molecular flexibility index (Phi) is 7.85. The minimum absolute atomic E-state index is 0.119. The average molecular weight is 405 g/mol. The van der Waals surface area contributed by atoms with Crippen molar-refractivity contribution in [2.75, 3.05) is 19.5 Å². The van der Waals surface area contributed by atoms with E-state index in [0.717, 1.165) is 11.8 Å². The van der Waals surface area contributed by atoms with Crippen molar-refractivity contribution >= 4 is 29.5 Å². The van der Waals surface area contributed by atoms with E-state index in [9.17, 15) is 9.59 Å². The van der Waals surface area contributed by atoms with Crippen LogP contribution in [0.1, 0.15) is 23.7 Å². The Labute approximate surface area is 175 Å². The topological polar surface area (TPSA) is 130 Å². The Bertz CT molecular complexity index is 1040. The third-order valence-corrected chi connectivity index (χ3v) is 4.20. The van der Waals surface area contributed by atoms with Gasteiger partial charge in [-0.05, 0) is 44.2 Å². The van der Waals surface area contributed by atoms with Crippen molar-refractivity contribution in [1.29, 1.82) is 5.41 Å². The van der Waals surface area contributed by atoms with Crippen molar-refractivity contribution in [3.63, 3.8) is 0 Å². The maximum atomic E-state index is 12.2. The second-order valence-corrected chi connectivity index (χ2v) is 6.17. The fraction of sp³-hybridized carbons (Fsp3) is 0.182. The van der Waals surface area contributed by atoms with E-state index in [1.54, 1.807) is 26.1 Å². The van der Waals surface area contributed by atoms with Crippen LogP contribution in [-0.2, 0) is 14.3 Å². The summed E-state index contributed by atoms with van der Waals surface area (Å²) in [5.74, 6) is 5.17. The van der Waals surface area contributed by atoms with Crippen molar-refractivity contribution in [3.05, 3.63) is 65.0 Å². The number of pyridine rings is 1. The fourth-order valence-corrected chi connectivity index (χ4v) is 2.38. The SMILES string of the molecule is CNC(C)C(=O)Nc1ccc(/C(C=N)=C(/N)C(=O)OC)c(C#Cc2ccccc2)n1. The summed E-state index contributed by atoms with van der Waals surface area (Å²) >= 11 is 0. The lowest BCUT2D eigenvalue weighted by Gasteiger charge is -2.13. The van der Waals surface area contributed by atoms with Gasteiger partial charge in [-0.1, -0.05) is 24.1 Å².